The van der Waals surface area contributed by atoms with Crippen molar-refractivity contribution in [2.24, 2.45) is 0 Å². The third-order valence-corrected chi connectivity index (χ3v) is 5.64. The summed E-state index contributed by atoms with van der Waals surface area (Å²) in [6.07, 6.45) is 4.09. The van der Waals surface area contributed by atoms with Gasteiger partial charge in [-0.05, 0) is 35.4 Å². The lowest BCUT2D eigenvalue weighted by molar-refractivity contribution is 0.224. The molecule has 0 radical (unpaired) electrons. The molecule has 0 N–H and O–H groups in total. The molecule has 0 saturated carbocycles. The van der Waals surface area contributed by atoms with Gasteiger partial charge in [0, 0.05) is 18.1 Å². The lowest BCUT2D eigenvalue weighted by atomic mass is 9.79. The summed E-state index contributed by atoms with van der Waals surface area (Å²) >= 11 is 0. The van der Waals surface area contributed by atoms with Crippen LogP contribution in [0.25, 0.3) is 0 Å². The maximum atomic E-state index is 5.99. The van der Waals surface area contributed by atoms with Crippen LogP contribution < -0.4 is 9.64 Å². The summed E-state index contributed by atoms with van der Waals surface area (Å²) in [6, 6.07) is 28.8. The molecule has 1 aliphatic heterocycles. The van der Waals surface area contributed by atoms with E-state index in [4.69, 9.17) is 14.2 Å². The number of hydrogen-bond donors (Lipinski definition) is 0. The molecule has 0 unspecified atom stereocenters. The summed E-state index contributed by atoms with van der Waals surface area (Å²) in [5.74, 6) is 2.46. The lowest BCUT2D eigenvalue weighted by Crippen LogP contribution is -2.17. The highest BCUT2D eigenvalue weighted by atomic mass is 16.5. The van der Waals surface area contributed by atoms with Crippen molar-refractivity contribution in [3.63, 3.8) is 0 Å². The van der Waals surface area contributed by atoms with Crippen LogP contribution in [0.2, 0.25) is 0 Å². The second kappa shape index (κ2) is 9.43. The van der Waals surface area contributed by atoms with Crippen LogP contribution >= 0.6 is 0 Å². The first-order valence-electron chi connectivity index (χ1n) is 10.3. The van der Waals surface area contributed by atoms with Crippen LogP contribution in [0.5, 0.6) is 5.75 Å². The highest BCUT2D eigenvalue weighted by Gasteiger charge is 2.35. The summed E-state index contributed by atoms with van der Waals surface area (Å²) in [7, 11) is 5.13. The molecule has 0 bridgehead atoms. The summed E-state index contributed by atoms with van der Waals surface area (Å²) in [4.78, 5) is 2.05. The van der Waals surface area contributed by atoms with Gasteiger partial charge in [0.15, 0.2) is 0 Å². The van der Waals surface area contributed by atoms with E-state index in [1.54, 1.807) is 21.3 Å². The largest absolute Gasteiger partial charge is 0.499 e. The number of nitrogens with zero attached hydrogens (tertiary/aromatic N) is 1. The quantitative estimate of drug-likeness (QED) is 0.492. The molecule has 3 aromatic rings. The van der Waals surface area contributed by atoms with Crippen molar-refractivity contribution in [3.8, 4) is 5.75 Å². The molecule has 2 atom stereocenters. The van der Waals surface area contributed by atoms with Gasteiger partial charge in [0.25, 0.3) is 0 Å². The second-order valence-corrected chi connectivity index (χ2v) is 7.35. The van der Waals surface area contributed by atoms with Crippen molar-refractivity contribution in [1.29, 1.82) is 0 Å². The van der Waals surface area contributed by atoms with Crippen LogP contribution in [-0.4, -0.2) is 21.3 Å². The third kappa shape index (κ3) is 4.29. The van der Waals surface area contributed by atoms with Crippen LogP contribution in [0.1, 0.15) is 23.0 Å². The number of anilines is 1. The molecule has 0 amide bonds. The summed E-state index contributed by atoms with van der Waals surface area (Å²) < 4.78 is 17.3. The van der Waals surface area contributed by atoms with Gasteiger partial charge >= 0.3 is 0 Å². The van der Waals surface area contributed by atoms with E-state index < -0.39 is 0 Å². The molecule has 0 saturated heterocycles. The van der Waals surface area contributed by atoms with Gasteiger partial charge in [-0.15, -0.1) is 0 Å². The third-order valence-electron chi connectivity index (χ3n) is 5.64. The zero-order valence-corrected chi connectivity index (χ0v) is 18.1. The van der Waals surface area contributed by atoms with Gasteiger partial charge in [0.05, 0.1) is 33.2 Å². The van der Waals surface area contributed by atoms with Gasteiger partial charge in [-0.1, -0.05) is 60.7 Å². The molecular weight excluding hydrogens is 386 g/mol. The highest BCUT2D eigenvalue weighted by Crippen LogP contribution is 2.45. The maximum Gasteiger partial charge on any atom is 0.121 e. The van der Waals surface area contributed by atoms with E-state index >= 15 is 0 Å². The molecule has 1 heterocycles. The van der Waals surface area contributed by atoms with E-state index in [0.717, 1.165) is 23.0 Å². The van der Waals surface area contributed by atoms with Crippen LogP contribution in [0.4, 0.5) is 5.69 Å². The van der Waals surface area contributed by atoms with Crippen LogP contribution in [-0.2, 0) is 9.47 Å². The van der Waals surface area contributed by atoms with Crippen molar-refractivity contribution >= 4 is 5.69 Å². The minimum absolute atomic E-state index is 0.0388. The van der Waals surface area contributed by atoms with Crippen molar-refractivity contribution in [2.45, 2.75) is 11.8 Å². The SMILES string of the molecule is COC1=CN(c2ccc(OC)cc2)C=C(OC)[C@@H](c2ccccc2)[C@@H]1c1ccccc1. The molecule has 0 aliphatic carbocycles. The molecule has 0 fully saturated rings. The molecule has 0 spiro atoms. The van der Waals surface area contributed by atoms with E-state index in [2.05, 4.69) is 53.4 Å². The fourth-order valence-corrected chi connectivity index (χ4v) is 4.10. The first-order valence-corrected chi connectivity index (χ1v) is 10.3. The Hall–Kier alpha value is -3.66. The Morgan fingerprint density at radius 1 is 0.548 bits per heavy atom. The summed E-state index contributed by atoms with van der Waals surface area (Å²) in [6.45, 7) is 0. The van der Waals surface area contributed by atoms with E-state index in [1.807, 2.05) is 48.8 Å². The smallest absolute Gasteiger partial charge is 0.121 e. The molecule has 3 aromatic carbocycles. The van der Waals surface area contributed by atoms with Gasteiger partial charge in [-0.3, -0.25) is 0 Å². The Kier molecular flexibility index (Phi) is 6.27. The molecule has 158 valence electrons. The minimum atomic E-state index is -0.0388. The number of benzene rings is 3. The fraction of sp³-hybridized carbons (Fsp3) is 0.185. The first kappa shape index (κ1) is 20.6. The molecular formula is C27H27NO3. The van der Waals surface area contributed by atoms with Crippen molar-refractivity contribution in [1.82, 2.24) is 0 Å². The number of hydrogen-bond acceptors (Lipinski definition) is 4. The van der Waals surface area contributed by atoms with E-state index in [-0.39, 0.29) is 11.8 Å². The van der Waals surface area contributed by atoms with Crippen molar-refractivity contribution < 1.29 is 14.2 Å². The number of rotatable bonds is 6. The molecule has 0 aromatic heterocycles. The fourth-order valence-electron chi connectivity index (χ4n) is 4.10. The predicted molar refractivity (Wildman–Crippen MR) is 124 cm³/mol. The Morgan fingerprint density at radius 3 is 1.39 bits per heavy atom. The molecule has 4 rings (SSSR count). The zero-order valence-electron chi connectivity index (χ0n) is 18.1. The highest BCUT2D eigenvalue weighted by molar-refractivity contribution is 5.57. The lowest BCUT2D eigenvalue weighted by Gasteiger charge is -2.29. The number of ether oxygens (including phenoxy) is 3. The van der Waals surface area contributed by atoms with Crippen LogP contribution in [0.3, 0.4) is 0 Å². The Bertz CT molecular complexity index is 979. The Balaban J connectivity index is 1.90. The summed E-state index contributed by atoms with van der Waals surface area (Å²) in [5, 5.41) is 0. The normalized spacial score (nSPS) is 18.5. The maximum absolute atomic E-state index is 5.99. The average Bonchev–Trinajstić information content (AvgIpc) is 3.02. The molecule has 1 aliphatic rings. The topological polar surface area (TPSA) is 30.9 Å². The minimum Gasteiger partial charge on any atom is -0.499 e. The molecule has 4 nitrogen and oxygen atoms in total. The molecule has 31 heavy (non-hydrogen) atoms. The second-order valence-electron chi connectivity index (χ2n) is 7.35. The number of allylic oxidation sites excluding steroid dienone is 2. The van der Waals surface area contributed by atoms with Crippen molar-refractivity contribution in [2.75, 3.05) is 26.2 Å². The van der Waals surface area contributed by atoms with Gasteiger partial charge in [0.2, 0.25) is 0 Å². The van der Waals surface area contributed by atoms with Crippen LogP contribution in [0, 0.1) is 0 Å². The van der Waals surface area contributed by atoms with Gasteiger partial charge in [-0.2, -0.15) is 0 Å². The van der Waals surface area contributed by atoms with Gasteiger partial charge < -0.3 is 19.1 Å². The standard InChI is InChI=1S/C27H27NO3/c1-29-23-16-14-22(15-17-23)28-18-24(30-2)26(20-10-6-4-7-11-20)27(25(19-28)31-3)21-12-8-5-9-13-21/h4-19,26-27H,1-3H3/t26-,27-/m1/s1. The van der Waals surface area contributed by atoms with E-state index in [0.29, 0.717) is 0 Å². The van der Waals surface area contributed by atoms with E-state index in [1.165, 1.54) is 11.1 Å². The van der Waals surface area contributed by atoms with Crippen molar-refractivity contribution in [3.05, 3.63) is 120 Å². The molecule has 4 heteroatoms. The zero-order chi connectivity index (χ0) is 21.6. The average molecular weight is 414 g/mol. The van der Waals surface area contributed by atoms with Crippen LogP contribution in [0.15, 0.2) is 109 Å². The summed E-state index contributed by atoms with van der Waals surface area (Å²) in [5.41, 5.74) is 3.33. The Morgan fingerprint density at radius 2 is 1.00 bits per heavy atom. The van der Waals surface area contributed by atoms with Gasteiger partial charge in [-0.25, -0.2) is 0 Å². The van der Waals surface area contributed by atoms with Gasteiger partial charge in [0.1, 0.15) is 17.3 Å². The Labute approximate surface area is 184 Å². The first-order chi connectivity index (χ1) is 15.2. The predicted octanol–water partition coefficient (Wildman–Crippen LogP) is 6.06. The van der Waals surface area contributed by atoms with E-state index in [9.17, 15) is 0 Å². The monoisotopic (exact) mass is 413 g/mol. The number of methoxy groups -OCH3 is 3.